The second-order valence-electron chi connectivity index (χ2n) is 6.10. The summed E-state index contributed by atoms with van der Waals surface area (Å²) in [4.78, 5) is 9.10. The molecule has 2 aromatic rings. The highest BCUT2D eigenvalue weighted by molar-refractivity contribution is 7.99. The number of aliphatic hydroxyl groups excluding tert-OH is 1. The maximum atomic E-state index is 9.64. The van der Waals surface area contributed by atoms with Crippen molar-refractivity contribution in [1.29, 1.82) is 5.26 Å². The van der Waals surface area contributed by atoms with Crippen molar-refractivity contribution in [3.63, 3.8) is 0 Å². The van der Waals surface area contributed by atoms with E-state index in [9.17, 15) is 5.26 Å². The number of anilines is 1. The van der Waals surface area contributed by atoms with E-state index in [2.05, 4.69) is 35.2 Å². The molecule has 7 heteroatoms. The predicted octanol–water partition coefficient (Wildman–Crippen LogP) is 3.57. The normalized spacial score (nSPS) is 10.6. The number of hydrogen-bond donors (Lipinski definition) is 2. The quantitative estimate of drug-likeness (QED) is 0.513. The highest BCUT2D eigenvalue weighted by Crippen LogP contribution is 2.30. The van der Waals surface area contributed by atoms with E-state index >= 15 is 0 Å². The van der Waals surface area contributed by atoms with Crippen LogP contribution >= 0.6 is 11.8 Å². The van der Waals surface area contributed by atoms with E-state index in [1.54, 1.807) is 18.9 Å². The van der Waals surface area contributed by atoms with Crippen molar-refractivity contribution >= 4 is 17.6 Å². The van der Waals surface area contributed by atoms with Gasteiger partial charge in [0.25, 0.3) is 0 Å². The molecule has 2 N–H and O–H groups in total. The van der Waals surface area contributed by atoms with Gasteiger partial charge in [-0.1, -0.05) is 25.6 Å². The Hall–Kier alpha value is -2.30. The Labute approximate surface area is 158 Å². The largest absolute Gasteiger partial charge is 0.497 e. The third kappa shape index (κ3) is 5.35. The minimum Gasteiger partial charge on any atom is -0.497 e. The van der Waals surface area contributed by atoms with Crippen LogP contribution in [-0.2, 0) is 0 Å². The van der Waals surface area contributed by atoms with E-state index in [0.29, 0.717) is 34.7 Å². The lowest BCUT2D eigenvalue weighted by molar-refractivity contribution is 0.311. The van der Waals surface area contributed by atoms with Gasteiger partial charge in [0, 0.05) is 17.9 Å². The van der Waals surface area contributed by atoms with Crippen molar-refractivity contribution < 1.29 is 9.84 Å². The molecule has 0 saturated heterocycles. The maximum absolute atomic E-state index is 9.64. The number of rotatable bonds is 9. The van der Waals surface area contributed by atoms with E-state index < -0.39 is 0 Å². The topological polar surface area (TPSA) is 91.1 Å². The molecule has 0 aliphatic rings. The molecule has 0 aliphatic carbocycles. The van der Waals surface area contributed by atoms with Crippen molar-refractivity contribution in [2.75, 3.05) is 31.3 Å². The Bertz CT molecular complexity index is 757. The van der Waals surface area contributed by atoms with Crippen LogP contribution in [0.5, 0.6) is 5.75 Å². The first kappa shape index (κ1) is 20.0. The molecule has 1 aromatic heterocycles. The van der Waals surface area contributed by atoms with Crippen molar-refractivity contribution in [3.05, 3.63) is 29.8 Å². The van der Waals surface area contributed by atoms with Gasteiger partial charge in [-0.3, -0.25) is 0 Å². The average Bonchev–Trinajstić information content (AvgIpc) is 2.65. The van der Waals surface area contributed by atoms with Gasteiger partial charge in [-0.25, -0.2) is 9.97 Å². The summed E-state index contributed by atoms with van der Waals surface area (Å²) in [6.07, 6.45) is 1.06. The molecule has 0 bridgehead atoms. The Morgan fingerprint density at radius 2 is 2.00 bits per heavy atom. The van der Waals surface area contributed by atoms with Crippen LogP contribution in [0.25, 0.3) is 11.3 Å². The number of nitrogens with one attached hydrogen (secondary N) is 1. The van der Waals surface area contributed by atoms with Gasteiger partial charge in [0.15, 0.2) is 5.16 Å². The molecule has 0 aliphatic heterocycles. The number of thioether (sulfide) groups is 1. The molecular formula is C19H24N4O2S. The fourth-order valence-corrected chi connectivity index (χ4v) is 3.34. The summed E-state index contributed by atoms with van der Waals surface area (Å²) in [6.45, 7) is 4.64. The summed E-state index contributed by atoms with van der Waals surface area (Å²) in [5.41, 5.74) is 1.77. The van der Waals surface area contributed by atoms with Crippen molar-refractivity contribution in [2.45, 2.75) is 25.4 Å². The Morgan fingerprint density at radius 1 is 1.27 bits per heavy atom. The zero-order valence-electron chi connectivity index (χ0n) is 15.3. The number of aliphatic hydroxyl groups is 1. The van der Waals surface area contributed by atoms with Crippen LogP contribution in [0.3, 0.4) is 0 Å². The molecule has 1 aromatic carbocycles. The van der Waals surface area contributed by atoms with Gasteiger partial charge in [-0.15, -0.1) is 0 Å². The van der Waals surface area contributed by atoms with Crippen LogP contribution in [-0.4, -0.2) is 41.1 Å². The Kier molecular flexibility index (Phi) is 7.70. The average molecular weight is 372 g/mol. The molecule has 138 valence electrons. The number of nitrogens with zero attached hydrogens (tertiary/aromatic N) is 3. The minimum absolute atomic E-state index is 0.0391. The van der Waals surface area contributed by atoms with Crippen LogP contribution < -0.4 is 10.1 Å². The van der Waals surface area contributed by atoms with Crippen molar-refractivity contribution in [3.8, 4) is 23.1 Å². The van der Waals surface area contributed by atoms with Gasteiger partial charge >= 0.3 is 0 Å². The molecule has 0 amide bonds. The number of methoxy groups -OCH3 is 1. The molecule has 0 atom stereocenters. The summed E-state index contributed by atoms with van der Waals surface area (Å²) in [7, 11) is 1.61. The van der Waals surface area contributed by atoms with Crippen molar-refractivity contribution in [2.24, 2.45) is 5.92 Å². The lowest BCUT2D eigenvalue weighted by atomic mass is 10.1. The second kappa shape index (κ2) is 10.00. The Balaban J connectivity index is 2.42. The zero-order valence-corrected chi connectivity index (χ0v) is 16.1. The van der Waals surface area contributed by atoms with E-state index in [-0.39, 0.29) is 6.61 Å². The lowest BCUT2D eigenvalue weighted by Crippen LogP contribution is -2.11. The van der Waals surface area contributed by atoms with Crippen LogP contribution in [0.2, 0.25) is 0 Å². The first-order valence-electron chi connectivity index (χ1n) is 8.53. The van der Waals surface area contributed by atoms with Crippen LogP contribution in [0, 0.1) is 17.2 Å². The van der Waals surface area contributed by atoms with Gasteiger partial charge in [0.2, 0.25) is 0 Å². The molecule has 0 saturated carbocycles. The van der Waals surface area contributed by atoms with Crippen LogP contribution in [0.15, 0.2) is 29.4 Å². The summed E-state index contributed by atoms with van der Waals surface area (Å²) in [6, 6.07) is 9.62. The molecule has 26 heavy (non-hydrogen) atoms. The Morgan fingerprint density at radius 3 is 2.58 bits per heavy atom. The maximum Gasteiger partial charge on any atom is 0.190 e. The molecule has 0 radical (unpaired) electrons. The molecule has 6 nitrogen and oxygen atoms in total. The van der Waals surface area contributed by atoms with Gasteiger partial charge in [-0.05, 0) is 36.6 Å². The standard InChI is InChI=1S/C19H24N4O2S/c1-13(2)8-11-26-19-22-17(14-4-6-15(25-3)7-5-14)16(12-20)18(23-19)21-9-10-24/h4-7,13,24H,8-11H2,1-3H3,(H,21,22,23). The predicted molar refractivity (Wildman–Crippen MR) is 104 cm³/mol. The van der Waals surface area contributed by atoms with E-state index in [0.717, 1.165) is 23.5 Å². The molecule has 1 heterocycles. The van der Waals surface area contributed by atoms with Gasteiger partial charge in [0.1, 0.15) is 23.2 Å². The van der Waals surface area contributed by atoms with Gasteiger partial charge < -0.3 is 15.2 Å². The smallest absolute Gasteiger partial charge is 0.190 e. The monoisotopic (exact) mass is 372 g/mol. The number of benzene rings is 1. The fraction of sp³-hybridized carbons (Fsp3) is 0.421. The molecule has 0 fully saturated rings. The SMILES string of the molecule is COc1ccc(-c2nc(SCCC(C)C)nc(NCCO)c2C#N)cc1. The summed E-state index contributed by atoms with van der Waals surface area (Å²) >= 11 is 1.57. The number of hydrogen-bond acceptors (Lipinski definition) is 7. The lowest BCUT2D eigenvalue weighted by Gasteiger charge is -2.13. The number of ether oxygens (including phenoxy) is 1. The fourth-order valence-electron chi connectivity index (χ4n) is 2.26. The molecule has 0 unspecified atom stereocenters. The highest BCUT2D eigenvalue weighted by Gasteiger charge is 2.16. The zero-order chi connectivity index (χ0) is 18.9. The number of aromatic nitrogens is 2. The first-order chi connectivity index (χ1) is 12.6. The third-order valence-corrected chi connectivity index (χ3v) is 4.57. The summed E-state index contributed by atoms with van der Waals surface area (Å²) in [5.74, 6) is 2.71. The molecular weight excluding hydrogens is 348 g/mol. The highest BCUT2D eigenvalue weighted by atomic mass is 32.2. The van der Waals surface area contributed by atoms with E-state index in [1.165, 1.54) is 0 Å². The van der Waals surface area contributed by atoms with Crippen molar-refractivity contribution in [1.82, 2.24) is 9.97 Å². The van der Waals surface area contributed by atoms with E-state index in [1.807, 2.05) is 24.3 Å². The van der Waals surface area contributed by atoms with Crippen LogP contribution in [0.1, 0.15) is 25.8 Å². The van der Waals surface area contributed by atoms with Gasteiger partial charge in [0.05, 0.1) is 19.4 Å². The number of nitriles is 1. The summed E-state index contributed by atoms with van der Waals surface area (Å²) in [5, 5.41) is 22.4. The van der Waals surface area contributed by atoms with Gasteiger partial charge in [-0.2, -0.15) is 5.26 Å². The molecule has 0 spiro atoms. The molecule has 2 rings (SSSR count). The third-order valence-electron chi connectivity index (χ3n) is 3.69. The second-order valence-corrected chi connectivity index (χ2v) is 7.16. The minimum atomic E-state index is -0.0391. The van der Waals surface area contributed by atoms with Crippen LogP contribution in [0.4, 0.5) is 5.82 Å². The first-order valence-corrected chi connectivity index (χ1v) is 9.51. The summed E-state index contributed by atoms with van der Waals surface area (Å²) < 4.78 is 5.20. The van der Waals surface area contributed by atoms with E-state index in [4.69, 9.17) is 9.84 Å².